The van der Waals surface area contributed by atoms with Gasteiger partial charge in [0.1, 0.15) is 0 Å². The number of carbonyl (C=O) groups excluding carboxylic acids is 2. The molecule has 2 N–H and O–H groups in total. The number of halogens is 1. The predicted molar refractivity (Wildman–Crippen MR) is 120 cm³/mol. The highest BCUT2D eigenvalue weighted by atomic mass is 79.9. The largest absolute Gasteiger partial charge is 0.361 e. The number of nitrogens with one attached hydrogen (secondary N) is 2. The summed E-state index contributed by atoms with van der Waals surface area (Å²) in [4.78, 5) is 26.5. The first-order chi connectivity index (χ1) is 13.5. The van der Waals surface area contributed by atoms with Crippen LogP contribution >= 0.6 is 39.9 Å². The molecule has 0 aromatic heterocycles. The van der Waals surface area contributed by atoms with Gasteiger partial charge in [-0.05, 0) is 78.9 Å². The van der Waals surface area contributed by atoms with Gasteiger partial charge in [0.25, 0.3) is 11.1 Å². The van der Waals surface area contributed by atoms with E-state index < -0.39 is 0 Å². The van der Waals surface area contributed by atoms with Crippen LogP contribution in [0, 0.1) is 11.8 Å². The molecule has 2 amide bonds. The predicted octanol–water partition coefficient (Wildman–Crippen LogP) is 4.14. The highest BCUT2D eigenvalue weighted by Gasteiger charge is 2.39. The van der Waals surface area contributed by atoms with Crippen molar-refractivity contribution in [2.24, 2.45) is 11.8 Å². The summed E-state index contributed by atoms with van der Waals surface area (Å²) in [5.74, 6) is 1.36. The molecule has 3 aliphatic rings. The monoisotopic (exact) mass is 479 g/mol. The average molecular weight is 480 g/mol. The number of hydrogen-bond donors (Lipinski definition) is 2. The number of thioether (sulfide) groups is 1. The number of nitrogens with zero attached hydrogens (tertiary/aromatic N) is 1. The molecule has 8 heteroatoms. The lowest BCUT2D eigenvalue weighted by Crippen LogP contribution is -2.46. The Labute approximate surface area is 182 Å². The van der Waals surface area contributed by atoms with E-state index in [9.17, 15) is 9.59 Å². The van der Waals surface area contributed by atoms with Crippen molar-refractivity contribution in [3.63, 3.8) is 0 Å². The van der Waals surface area contributed by atoms with Crippen LogP contribution < -0.4 is 10.6 Å². The van der Waals surface area contributed by atoms with Gasteiger partial charge >= 0.3 is 0 Å². The summed E-state index contributed by atoms with van der Waals surface area (Å²) in [5.41, 5.74) is 0.884. The second-order valence-electron chi connectivity index (χ2n) is 7.57. The van der Waals surface area contributed by atoms with Crippen LogP contribution in [0.15, 0.2) is 33.6 Å². The molecular formula is C20H22BrN3O2S2. The van der Waals surface area contributed by atoms with Gasteiger partial charge < -0.3 is 10.6 Å². The summed E-state index contributed by atoms with van der Waals surface area (Å²) in [7, 11) is 0. The molecule has 3 unspecified atom stereocenters. The van der Waals surface area contributed by atoms with Crippen molar-refractivity contribution in [2.45, 2.75) is 31.7 Å². The number of amides is 2. The van der Waals surface area contributed by atoms with Crippen molar-refractivity contribution >= 4 is 62.2 Å². The third-order valence-corrected chi connectivity index (χ3v) is 7.36. The van der Waals surface area contributed by atoms with Crippen LogP contribution in [-0.2, 0) is 4.79 Å². The standard InChI is InChI=1S/C20H22BrN3O2S2/c21-15-3-1-2-12(9-15)11-17-18(25)24(20(26)28-17)7-6-22-19(27)23-16-10-13-4-5-14(16)8-13/h1-3,9,11,13-14,16H,4-8,10H2,(H2,22,23,27)/b17-11-. The zero-order valence-electron chi connectivity index (χ0n) is 15.3. The molecular weight excluding hydrogens is 458 g/mol. The van der Waals surface area contributed by atoms with Gasteiger partial charge in [-0.2, -0.15) is 0 Å². The molecule has 2 bridgehead atoms. The van der Waals surface area contributed by atoms with Crippen LogP contribution in [-0.4, -0.2) is 40.3 Å². The smallest absolute Gasteiger partial charge is 0.293 e. The van der Waals surface area contributed by atoms with Crippen LogP contribution in [0.3, 0.4) is 0 Å². The third-order valence-electron chi connectivity index (χ3n) is 5.70. The Bertz CT molecular complexity index is 844. The van der Waals surface area contributed by atoms with E-state index in [2.05, 4.69) is 26.6 Å². The van der Waals surface area contributed by atoms with Crippen LogP contribution in [0.4, 0.5) is 4.79 Å². The lowest BCUT2D eigenvalue weighted by Gasteiger charge is -2.24. The maximum absolute atomic E-state index is 12.6. The van der Waals surface area contributed by atoms with Crippen LogP contribution in [0.25, 0.3) is 6.08 Å². The van der Waals surface area contributed by atoms with Gasteiger partial charge in [0.15, 0.2) is 5.11 Å². The fraction of sp³-hybridized carbons (Fsp3) is 0.450. The Hall–Kier alpha value is -1.38. The molecule has 148 valence electrons. The fourth-order valence-corrected chi connectivity index (χ4v) is 5.90. The zero-order chi connectivity index (χ0) is 19.7. The van der Waals surface area contributed by atoms with Gasteiger partial charge in [0.2, 0.25) is 0 Å². The van der Waals surface area contributed by atoms with Gasteiger partial charge in [0, 0.05) is 23.6 Å². The summed E-state index contributed by atoms with van der Waals surface area (Å²) in [6.07, 6.45) is 6.93. The molecule has 5 nitrogen and oxygen atoms in total. The van der Waals surface area contributed by atoms with Crippen molar-refractivity contribution in [1.82, 2.24) is 15.5 Å². The van der Waals surface area contributed by atoms with E-state index in [1.807, 2.05) is 24.3 Å². The van der Waals surface area contributed by atoms with E-state index in [0.717, 1.165) is 33.6 Å². The van der Waals surface area contributed by atoms with Gasteiger partial charge in [-0.15, -0.1) is 0 Å². The molecule has 3 atom stereocenters. The lowest BCUT2D eigenvalue weighted by atomic mass is 9.96. The Morgan fingerprint density at radius 2 is 2.18 bits per heavy atom. The number of carbonyl (C=O) groups is 2. The van der Waals surface area contributed by atoms with E-state index in [0.29, 0.717) is 29.1 Å². The summed E-state index contributed by atoms with van der Waals surface area (Å²) >= 11 is 9.79. The molecule has 0 radical (unpaired) electrons. The normalized spacial score (nSPS) is 27.7. The number of rotatable bonds is 5. The van der Waals surface area contributed by atoms with Crippen molar-refractivity contribution in [3.8, 4) is 0 Å². The summed E-state index contributed by atoms with van der Waals surface area (Å²) < 4.78 is 0.932. The van der Waals surface area contributed by atoms with E-state index in [1.165, 1.54) is 30.6 Å². The fourth-order valence-electron chi connectivity index (χ4n) is 4.36. The number of fused-ring (bicyclic) bond motifs is 2. The van der Waals surface area contributed by atoms with Crippen LogP contribution in [0.5, 0.6) is 0 Å². The van der Waals surface area contributed by atoms with E-state index >= 15 is 0 Å². The van der Waals surface area contributed by atoms with E-state index in [-0.39, 0.29) is 11.1 Å². The topological polar surface area (TPSA) is 61.4 Å². The molecule has 4 rings (SSSR count). The first-order valence-electron chi connectivity index (χ1n) is 9.55. The van der Waals surface area contributed by atoms with Gasteiger partial charge in [0.05, 0.1) is 4.91 Å². The average Bonchev–Trinajstić information content (AvgIpc) is 3.33. The minimum absolute atomic E-state index is 0.236. The Kier molecular flexibility index (Phi) is 6.08. The van der Waals surface area contributed by atoms with Crippen LogP contribution in [0.1, 0.15) is 31.2 Å². The molecule has 1 saturated heterocycles. The molecule has 3 fully saturated rings. The van der Waals surface area contributed by atoms with Crippen molar-refractivity contribution in [2.75, 3.05) is 13.1 Å². The van der Waals surface area contributed by atoms with Crippen molar-refractivity contribution < 1.29 is 9.59 Å². The highest BCUT2D eigenvalue weighted by molar-refractivity contribution is 9.10. The number of imide groups is 1. The maximum atomic E-state index is 12.6. The molecule has 1 heterocycles. The van der Waals surface area contributed by atoms with Gasteiger partial charge in [-0.25, -0.2) is 0 Å². The quantitative estimate of drug-likeness (QED) is 0.488. The Morgan fingerprint density at radius 3 is 2.89 bits per heavy atom. The SMILES string of the molecule is O=C1S/C(=C\c2cccc(Br)c2)C(=O)N1CCNC(=S)NC1CC2CCC1C2. The minimum Gasteiger partial charge on any atom is -0.361 e. The molecule has 1 aromatic carbocycles. The first kappa shape index (κ1) is 19.9. The second-order valence-corrected chi connectivity index (χ2v) is 9.89. The Morgan fingerprint density at radius 1 is 1.32 bits per heavy atom. The zero-order valence-corrected chi connectivity index (χ0v) is 18.5. The molecule has 2 saturated carbocycles. The van der Waals surface area contributed by atoms with E-state index in [4.69, 9.17) is 12.2 Å². The second kappa shape index (κ2) is 8.55. The highest BCUT2D eigenvalue weighted by Crippen LogP contribution is 2.44. The minimum atomic E-state index is -0.247. The maximum Gasteiger partial charge on any atom is 0.293 e. The third kappa shape index (κ3) is 4.44. The molecule has 28 heavy (non-hydrogen) atoms. The molecule has 0 spiro atoms. The lowest BCUT2D eigenvalue weighted by molar-refractivity contribution is -0.122. The summed E-state index contributed by atoms with van der Waals surface area (Å²) in [5, 5.41) is 6.95. The van der Waals surface area contributed by atoms with Crippen molar-refractivity contribution in [1.29, 1.82) is 0 Å². The number of benzene rings is 1. The summed E-state index contributed by atoms with van der Waals surface area (Å²) in [6.45, 7) is 0.758. The van der Waals surface area contributed by atoms with Gasteiger partial charge in [-0.1, -0.05) is 34.5 Å². The number of hydrogen-bond acceptors (Lipinski definition) is 4. The van der Waals surface area contributed by atoms with E-state index in [1.54, 1.807) is 6.08 Å². The molecule has 2 aliphatic carbocycles. The molecule has 1 aliphatic heterocycles. The summed E-state index contributed by atoms with van der Waals surface area (Å²) in [6, 6.07) is 8.11. The van der Waals surface area contributed by atoms with Crippen molar-refractivity contribution in [3.05, 3.63) is 39.2 Å². The number of thiocarbonyl (C=S) groups is 1. The molecule has 1 aromatic rings. The van der Waals surface area contributed by atoms with Gasteiger partial charge in [-0.3, -0.25) is 14.5 Å². The Balaban J connectivity index is 1.27. The first-order valence-corrected chi connectivity index (χ1v) is 11.6. The van der Waals surface area contributed by atoms with Crippen LogP contribution in [0.2, 0.25) is 0 Å².